The third kappa shape index (κ3) is 4.12. The lowest BCUT2D eigenvalue weighted by molar-refractivity contribution is 0.0601. The summed E-state index contributed by atoms with van der Waals surface area (Å²) >= 11 is 0. The Morgan fingerprint density at radius 2 is 1.93 bits per heavy atom. The second-order valence-corrected chi connectivity index (χ2v) is 2.49. The molecular formula is C9H13BO5. The van der Waals surface area contributed by atoms with Crippen LogP contribution in [0.3, 0.4) is 0 Å². The Morgan fingerprint density at radius 1 is 1.33 bits per heavy atom. The molecule has 0 heterocycles. The van der Waals surface area contributed by atoms with Gasteiger partial charge in [-0.25, -0.2) is 4.79 Å². The topological polar surface area (TPSA) is 87.0 Å². The Labute approximate surface area is 88.1 Å². The molecule has 0 fully saturated rings. The Morgan fingerprint density at radius 3 is 2.40 bits per heavy atom. The van der Waals surface area contributed by atoms with E-state index >= 15 is 0 Å². The summed E-state index contributed by atoms with van der Waals surface area (Å²) in [7, 11) is 0.703. The number of hydrogen-bond acceptors (Lipinski definition) is 5. The van der Waals surface area contributed by atoms with Crippen molar-refractivity contribution in [3.8, 4) is 0 Å². The van der Waals surface area contributed by atoms with Crippen LogP contribution in [-0.2, 0) is 4.74 Å². The molecule has 1 aromatic carbocycles. The van der Waals surface area contributed by atoms with Crippen molar-refractivity contribution < 1.29 is 24.7 Å². The van der Waals surface area contributed by atoms with Gasteiger partial charge in [-0.1, -0.05) is 12.1 Å². The summed E-state index contributed by atoms with van der Waals surface area (Å²) in [6.45, 7) is 0. The first-order valence-corrected chi connectivity index (χ1v) is 4.14. The molecule has 0 bridgehead atoms. The Bertz CT molecular complexity index is 313. The minimum absolute atomic E-state index is 0.267. The van der Waals surface area contributed by atoms with Crippen molar-refractivity contribution >= 4 is 18.6 Å². The summed E-state index contributed by atoms with van der Waals surface area (Å²) in [5, 5.41) is 24.6. The van der Waals surface area contributed by atoms with Gasteiger partial charge in [0.05, 0.1) is 12.7 Å². The van der Waals surface area contributed by atoms with E-state index in [4.69, 9.17) is 15.2 Å². The smallest absolute Gasteiger partial charge is 0.465 e. The molecule has 0 radical (unpaired) electrons. The van der Waals surface area contributed by atoms with Crippen molar-refractivity contribution in [1.82, 2.24) is 0 Å². The van der Waals surface area contributed by atoms with Gasteiger partial charge in [0.25, 0.3) is 0 Å². The Balaban J connectivity index is 0.000000921. The van der Waals surface area contributed by atoms with E-state index in [0.717, 1.165) is 7.11 Å². The first-order chi connectivity index (χ1) is 7.15. The largest absolute Gasteiger partial charge is 0.488 e. The van der Waals surface area contributed by atoms with Crippen LogP contribution in [0.15, 0.2) is 24.3 Å². The second kappa shape index (κ2) is 7.00. The molecule has 0 saturated carbocycles. The lowest BCUT2D eigenvalue weighted by Crippen LogP contribution is -2.30. The SMILES string of the molecule is CO.COC(=O)c1cccc(B(O)O)c1. The fourth-order valence-electron chi connectivity index (χ4n) is 0.944. The van der Waals surface area contributed by atoms with E-state index in [1.54, 1.807) is 6.07 Å². The number of methoxy groups -OCH3 is 1. The van der Waals surface area contributed by atoms with Crippen molar-refractivity contribution in [3.05, 3.63) is 29.8 Å². The molecule has 6 heteroatoms. The van der Waals surface area contributed by atoms with Gasteiger partial charge in [0, 0.05) is 7.11 Å². The molecule has 0 unspecified atom stereocenters. The van der Waals surface area contributed by atoms with Crippen molar-refractivity contribution in [2.75, 3.05) is 14.2 Å². The maximum absolute atomic E-state index is 11.0. The highest BCUT2D eigenvalue weighted by molar-refractivity contribution is 6.58. The van der Waals surface area contributed by atoms with Gasteiger partial charge in [-0.05, 0) is 17.6 Å². The van der Waals surface area contributed by atoms with Crippen LogP contribution in [0.4, 0.5) is 0 Å². The van der Waals surface area contributed by atoms with Crippen molar-refractivity contribution in [1.29, 1.82) is 0 Å². The predicted molar refractivity (Wildman–Crippen MR) is 55.7 cm³/mol. The normalized spacial score (nSPS) is 8.60. The van der Waals surface area contributed by atoms with E-state index in [9.17, 15) is 4.79 Å². The number of carbonyl (C=O) groups excluding carboxylic acids is 1. The number of esters is 1. The molecule has 3 N–H and O–H groups in total. The number of ether oxygens (including phenoxy) is 1. The monoisotopic (exact) mass is 212 g/mol. The molecule has 1 aromatic rings. The number of aliphatic hydroxyl groups is 1. The summed E-state index contributed by atoms with van der Waals surface area (Å²) in [5.41, 5.74) is 0.566. The third-order valence-corrected chi connectivity index (χ3v) is 1.61. The number of aliphatic hydroxyl groups excluding tert-OH is 1. The summed E-state index contributed by atoms with van der Waals surface area (Å²) in [4.78, 5) is 11.0. The zero-order valence-corrected chi connectivity index (χ0v) is 8.54. The van der Waals surface area contributed by atoms with Crippen molar-refractivity contribution in [3.63, 3.8) is 0 Å². The minimum Gasteiger partial charge on any atom is -0.465 e. The zero-order valence-electron chi connectivity index (χ0n) is 8.54. The van der Waals surface area contributed by atoms with Crippen LogP contribution >= 0.6 is 0 Å². The quantitative estimate of drug-likeness (QED) is 0.421. The van der Waals surface area contributed by atoms with Crippen LogP contribution in [0, 0.1) is 0 Å². The molecule has 0 atom stereocenters. The van der Waals surface area contributed by atoms with Crippen LogP contribution < -0.4 is 5.46 Å². The Hall–Kier alpha value is -1.37. The molecule has 15 heavy (non-hydrogen) atoms. The molecule has 0 aliphatic carbocycles. The highest BCUT2D eigenvalue weighted by atomic mass is 16.5. The molecule has 82 valence electrons. The lowest BCUT2D eigenvalue weighted by atomic mass is 9.80. The van der Waals surface area contributed by atoms with Gasteiger partial charge in [0.2, 0.25) is 0 Å². The summed E-state index contributed by atoms with van der Waals surface area (Å²) in [6, 6.07) is 5.98. The first-order valence-electron chi connectivity index (χ1n) is 4.14. The second-order valence-electron chi connectivity index (χ2n) is 2.49. The average Bonchev–Trinajstić information content (AvgIpc) is 2.30. The van der Waals surface area contributed by atoms with Gasteiger partial charge >= 0.3 is 13.1 Å². The molecule has 0 aliphatic rings. The minimum atomic E-state index is -1.57. The van der Waals surface area contributed by atoms with Gasteiger partial charge < -0.3 is 19.9 Å². The molecule has 0 aromatic heterocycles. The van der Waals surface area contributed by atoms with Gasteiger partial charge in [0.15, 0.2) is 0 Å². The third-order valence-electron chi connectivity index (χ3n) is 1.61. The Kier molecular flexibility index (Phi) is 6.36. The van der Waals surface area contributed by atoms with Crippen LogP contribution in [0.25, 0.3) is 0 Å². The van der Waals surface area contributed by atoms with Gasteiger partial charge in [-0.2, -0.15) is 0 Å². The summed E-state index contributed by atoms with van der Waals surface area (Å²) in [6.07, 6.45) is 0. The van der Waals surface area contributed by atoms with E-state index in [0.29, 0.717) is 5.56 Å². The fourth-order valence-corrected chi connectivity index (χ4v) is 0.944. The van der Waals surface area contributed by atoms with E-state index in [1.807, 2.05) is 0 Å². The summed E-state index contributed by atoms with van der Waals surface area (Å²) in [5.74, 6) is -0.498. The summed E-state index contributed by atoms with van der Waals surface area (Å²) < 4.78 is 4.47. The molecule has 0 amide bonds. The standard InChI is InChI=1S/C8H9BO4.CH4O/c1-13-8(10)6-3-2-4-7(5-6)9(11)12;1-2/h2-5,11-12H,1H3;2H,1H3. The van der Waals surface area contributed by atoms with E-state index in [1.165, 1.54) is 25.3 Å². The van der Waals surface area contributed by atoms with Gasteiger partial charge in [-0.15, -0.1) is 0 Å². The molecule has 0 spiro atoms. The van der Waals surface area contributed by atoms with Crippen LogP contribution in [-0.4, -0.2) is 42.5 Å². The number of rotatable bonds is 2. The van der Waals surface area contributed by atoms with E-state index < -0.39 is 13.1 Å². The predicted octanol–water partition coefficient (Wildman–Crippen LogP) is -1.24. The fraction of sp³-hybridized carbons (Fsp3) is 0.222. The molecular weight excluding hydrogens is 199 g/mol. The molecule has 0 saturated heterocycles. The first kappa shape index (κ1) is 13.6. The number of hydrogen-bond donors (Lipinski definition) is 3. The highest BCUT2D eigenvalue weighted by Crippen LogP contribution is 1.98. The molecule has 1 rings (SSSR count). The molecule has 5 nitrogen and oxygen atoms in total. The maximum atomic E-state index is 11.0. The van der Waals surface area contributed by atoms with Crippen molar-refractivity contribution in [2.24, 2.45) is 0 Å². The van der Waals surface area contributed by atoms with E-state index in [-0.39, 0.29) is 5.46 Å². The van der Waals surface area contributed by atoms with Gasteiger partial charge in [0.1, 0.15) is 0 Å². The van der Waals surface area contributed by atoms with Crippen LogP contribution in [0.1, 0.15) is 10.4 Å². The van der Waals surface area contributed by atoms with Crippen LogP contribution in [0.2, 0.25) is 0 Å². The maximum Gasteiger partial charge on any atom is 0.488 e. The number of carbonyl (C=O) groups is 1. The van der Waals surface area contributed by atoms with Gasteiger partial charge in [-0.3, -0.25) is 0 Å². The van der Waals surface area contributed by atoms with E-state index in [2.05, 4.69) is 4.74 Å². The number of benzene rings is 1. The van der Waals surface area contributed by atoms with Crippen LogP contribution in [0.5, 0.6) is 0 Å². The zero-order chi connectivity index (χ0) is 11.8. The van der Waals surface area contributed by atoms with Crippen molar-refractivity contribution in [2.45, 2.75) is 0 Å². The lowest BCUT2D eigenvalue weighted by Gasteiger charge is -2.02. The average molecular weight is 212 g/mol. The highest BCUT2D eigenvalue weighted by Gasteiger charge is 2.13. The molecule has 0 aliphatic heterocycles.